The first-order valence-corrected chi connectivity index (χ1v) is 14.3. The summed E-state index contributed by atoms with van der Waals surface area (Å²) in [6, 6.07) is 10.6. The summed E-state index contributed by atoms with van der Waals surface area (Å²) in [6.45, 7) is 11.3. The fourth-order valence-electron chi connectivity index (χ4n) is 5.59. The Hall–Kier alpha value is -3.64. The number of nitriles is 1. The van der Waals surface area contributed by atoms with Crippen LogP contribution in [0.3, 0.4) is 0 Å². The number of aryl methyl sites for hydroxylation is 1. The number of likely N-dealkylation sites (tertiary alicyclic amines) is 1. The van der Waals surface area contributed by atoms with Crippen molar-refractivity contribution < 1.29 is 19.0 Å². The van der Waals surface area contributed by atoms with Crippen molar-refractivity contribution in [2.45, 2.75) is 71.4 Å². The van der Waals surface area contributed by atoms with E-state index in [1.807, 2.05) is 44.7 Å². The molecule has 9 nitrogen and oxygen atoms in total. The van der Waals surface area contributed by atoms with Crippen molar-refractivity contribution in [2.75, 3.05) is 32.9 Å². The second kappa shape index (κ2) is 11.8. The van der Waals surface area contributed by atoms with Crippen molar-refractivity contribution in [3.8, 4) is 23.1 Å². The third-order valence-electron chi connectivity index (χ3n) is 7.75. The number of hydrogen-bond acceptors (Lipinski definition) is 7. The van der Waals surface area contributed by atoms with Crippen molar-refractivity contribution in [3.63, 3.8) is 0 Å². The van der Waals surface area contributed by atoms with Gasteiger partial charge in [-0.15, -0.1) is 0 Å². The number of ether oxygens (including phenoxy) is 3. The highest BCUT2D eigenvalue weighted by molar-refractivity contribution is 5.91. The first-order chi connectivity index (χ1) is 19.2. The minimum absolute atomic E-state index is 0.171. The molecule has 2 aromatic heterocycles. The number of carbonyl (C=O) groups is 1. The average Bonchev–Trinajstić information content (AvgIpc) is 3.37. The van der Waals surface area contributed by atoms with Crippen LogP contribution in [0.2, 0.25) is 0 Å². The van der Waals surface area contributed by atoms with Gasteiger partial charge < -0.3 is 23.7 Å². The summed E-state index contributed by atoms with van der Waals surface area (Å²) in [5.74, 6) is 1.54. The standard InChI is InChI=1S/C31H39N5O4/c1-21-19-23(28-25-9-15-36(24-11-16-38-17-12-24)29(25)34-27(20-32)33-28)5-6-26(21)39-18-10-22-7-13-35(14-8-22)30(37)40-31(2,3)4/h5-6,9,15,19,22,24H,7-8,10-14,16-18H2,1-4H3. The maximum absolute atomic E-state index is 12.3. The van der Waals surface area contributed by atoms with Gasteiger partial charge in [-0.25, -0.2) is 14.8 Å². The smallest absolute Gasteiger partial charge is 0.410 e. The Morgan fingerprint density at radius 2 is 1.88 bits per heavy atom. The number of fused-ring (bicyclic) bond motifs is 1. The van der Waals surface area contributed by atoms with E-state index in [4.69, 9.17) is 14.2 Å². The van der Waals surface area contributed by atoms with Crippen molar-refractivity contribution in [1.29, 1.82) is 5.26 Å². The van der Waals surface area contributed by atoms with E-state index in [0.717, 1.165) is 92.0 Å². The predicted octanol–water partition coefficient (Wildman–Crippen LogP) is 6.05. The molecule has 0 aliphatic carbocycles. The molecule has 0 saturated carbocycles. The zero-order valence-corrected chi connectivity index (χ0v) is 24.0. The van der Waals surface area contributed by atoms with Gasteiger partial charge in [0.05, 0.1) is 12.3 Å². The molecule has 0 spiro atoms. The molecule has 40 heavy (non-hydrogen) atoms. The molecule has 9 heteroatoms. The largest absolute Gasteiger partial charge is 0.493 e. The predicted molar refractivity (Wildman–Crippen MR) is 152 cm³/mol. The molecule has 5 rings (SSSR count). The molecule has 0 atom stereocenters. The Bertz CT molecular complexity index is 1390. The summed E-state index contributed by atoms with van der Waals surface area (Å²) >= 11 is 0. The van der Waals surface area contributed by atoms with Gasteiger partial charge in [-0.05, 0) is 95.5 Å². The number of hydrogen-bond donors (Lipinski definition) is 0. The fourth-order valence-corrected chi connectivity index (χ4v) is 5.59. The van der Waals surface area contributed by atoms with E-state index in [-0.39, 0.29) is 11.9 Å². The topological polar surface area (TPSA) is 103 Å². The highest BCUT2D eigenvalue weighted by Gasteiger charge is 2.27. The highest BCUT2D eigenvalue weighted by Crippen LogP contribution is 2.33. The normalized spacial score (nSPS) is 17.1. The van der Waals surface area contributed by atoms with E-state index in [0.29, 0.717) is 18.6 Å². The Morgan fingerprint density at radius 1 is 1.12 bits per heavy atom. The number of benzene rings is 1. The molecule has 1 amide bonds. The van der Waals surface area contributed by atoms with Crippen molar-refractivity contribution >= 4 is 17.1 Å². The third kappa shape index (κ3) is 6.39. The van der Waals surface area contributed by atoms with Crippen molar-refractivity contribution in [1.82, 2.24) is 19.4 Å². The van der Waals surface area contributed by atoms with Crippen LogP contribution in [-0.2, 0) is 9.47 Å². The lowest BCUT2D eigenvalue weighted by Gasteiger charge is -2.33. The summed E-state index contributed by atoms with van der Waals surface area (Å²) in [5, 5.41) is 10.6. The number of aromatic nitrogens is 3. The van der Waals surface area contributed by atoms with Gasteiger partial charge in [0.2, 0.25) is 5.82 Å². The quantitative estimate of drug-likeness (QED) is 0.372. The van der Waals surface area contributed by atoms with E-state index in [9.17, 15) is 10.1 Å². The van der Waals surface area contributed by atoms with E-state index >= 15 is 0 Å². The lowest BCUT2D eigenvalue weighted by molar-refractivity contribution is 0.0177. The lowest BCUT2D eigenvalue weighted by Crippen LogP contribution is -2.41. The fraction of sp³-hybridized carbons (Fsp3) is 0.548. The first-order valence-electron chi connectivity index (χ1n) is 14.3. The summed E-state index contributed by atoms with van der Waals surface area (Å²) in [5.41, 5.74) is 3.05. The number of nitrogens with zero attached hydrogens (tertiary/aromatic N) is 5. The van der Waals surface area contributed by atoms with E-state index in [1.165, 1.54) is 0 Å². The molecule has 0 N–H and O–H groups in total. The number of rotatable bonds is 6. The summed E-state index contributed by atoms with van der Waals surface area (Å²) in [6.07, 6.45) is 6.56. The van der Waals surface area contributed by atoms with Gasteiger partial charge in [0.25, 0.3) is 0 Å². The van der Waals surface area contributed by atoms with Crippen LogP contribution in [0.15, 0.2) is 30.5 Å². The monoisotopic (exact) mass is 545 g/mol. The zero-order valence-electron chi connectivity index (χ0n) is 24.0. The molecular weight excluding hydrogens is 506 g/mol. The number of carbonyl (C=O) groups excluding carboxylic acids is 1. The van der Waals surface area contributed by atoms with Crippen LogP contribution < -0.4 is 4.74 Å². The summed E-state index contributed by atoms with van der Waals surface area (Å²) in [7, 11) is 0. The van der Waals surface area contributed by atoms with Gasteiger partial charge in [0, 0.05) is 49.5 Å². The van der Waals surface area contributed by atoms with E-state index in [2.05, 4.69) is 38.9 Å². The van der Waals surface area contributed by atoms with Crippen LogP contribution in [0.25, 0.3) is 22.3 Å². The van der Waals surface area contributed by atoms with Crippen molar-refractivity contribution in [2.24, 2.45) is 5.92 Å². The van der Waals surface area contributed by atoms with Crippen LogP contribution in [0.4, 0.5) is 4.79 Å². The first kappa shape index (κ1) is 27.9. The van der Waals surface area contributed by atoms with Crippen LogP contribution in [0.1, 0.15) is 70.3 Å². The van der Waals surface area contributed by atoms with Gasteiger partial charge in [0.15, 0.2) is 0 Å². The molecule has 0 radical (unpaired) electrons. The van der Waals surface area contributed by atoms with Crippen LogP contribution >= 0.6 is 0 Å². The minimum Gasteiger partial charge on any atom is -0.493 e. The minimum atomic E-state index is -0.470. The maximum Gasteiger partial charge on any atom is 0.410 e. The number of piperidine rings is 1. The Morgan fingerprint density at radius 3 is 2.55 bits per heavy atom. The average molecular weight is 546 g/mol. The van der Waals surface area contributed by atoms with E-state index < -0.39 is 5.60 Å². The molecule has 2 aliphatic heterocycles. The molecule has 2 aliphatic rings. The van der Waals surface area contributed by atoms with Gasteiger partial charge >= 0.3 is 6.09 Å². The van der Waals surface area contributed by atoms with Gasteiger partial charge in [-0.3, -0.25) is 0 Å². The second-order valence-electron chi connectivity index (χ2n) is 11.8. The molecule has 3 aromatic rings. The van der Waals surface area contributed by atoms with Gasteiger partial charge in [0.1, 0.15) is 23.1 Å². The molecule has 2 saturated heterocycles. The number of amides is 1. The Kier molecular flexibility index (Phi) is 8.27. The highest BCUT2D eigenvalue weighted by atomic mass is 16.6. The zero-order chi connectivity index (χ0) is 28.3. The summed E-state index contributed by atoms with van der Waals surface area (Å²) < 4.78 is 19.4. The van der Waals surface area contributed by atoms with E-state index in [1.54, 1.807) is 0 Å². The maximum atomic E-state index is 12.3. The molecule has 4 heterocycles. The summed E-state index contributed by atoms with van der Waals surface area (Å²) in [4.78, 5) is 23.3. The molecule has 1 aromatic carbocycles. The Labute approximate surface area is 236 Å². The molecule has 0 bridgehead atoms. The second-order valence-corrected chi connectivity index (χ2v) is 11.8. The van der Waals surface area contributed by atoms with Gasteiger partial charge in [-0.1, -0.05) is 0 Å². The van der Waals surface area contributed by atoms with Gasteiger partial charge in [-0.2, -0.15) is 5.26 Å². The lowest BCUT2D eigenvalue weighted by atomic mass is 9.94. The van der Waals surface area contributed by atoms with Crippen LogP contribution in [-0.4, -0.2) is 64.0 Å². The molecule has 0 unspecified atom stereocenters. The molecule has 212 valence electrons. The van der Waals surface area contributed by atoms with Crippen molar-refractivity contribution in [3.05, 3.63) is 41.9 Å². The molecular formula is C31H39N5O4. The van der Waals surface area contributed by atoms with Crippen LogP contribution in [0.5, 0.6) is 5.75 Å². The van der Waals surface area contributed by atoms with Crippen LogP contribution in [0, 0.1) is 24.2 Å². The SMILES string of the molecule is Cc1cc(-c2nc(C#N)nc3c2ccn3C2CCOCC2)ccc1OCCC1CCN(C(=O)OC(C)(C)C)CC1. The Balaban J connectivity index is 1.22. The molecule has 2 fully saturated rings. The third-order valence-corrected chi connectivity index (χ3v) is 7.75.